The molecule has 0 radical (unpaired) electrons. The third kappa shape index (κ3) is 6.34. The van der Waals surface area contributed by atoms with E-state index in [2.05, 4.69) is 27.5 Å². The first kappa shape index (κ1) is 24.5. The lowest BCUT2D eigenvalue weighted by atomic mass is 9.96. The Morgan fingerprint density at radius 3 is 2.35 bits per heavy atom. The molecule has 188 valence electrons. The molecule has 3 aromatic carbocycles. The van der Waals surface area contributed by atoms with E-state index in [1.54, 1.807) is 53.4 Å². The fraction of sp³-hybridized carbons (Fsp3) is 0.214. The Labute approximate surface area is 219 Å². The zero-order chi connectivity index (χ0) is 25.6. The van der Waals surface area contributed by atoms with Crippen LogP contribution in [0.4, 0.5) is 5.69 Å². The summed E-state index contributed by atoms with van der Waals surface area (Å²) in [6.07, 6.45) is 4.27. The molecule has 9 heteroatoms. The third-order valence-corrected chi connectivity index (χ3v) is 6.56. The van der Waals surface area contributed by atoms with Gasteiger partial charge in [0.1, 0.15) is 36.7 Å². The summed E-state index contributed by atoms with van der Waals surface area (Å²) in [5.74, 6) is 1.10. The van der Waals surface area contributed by atoms with E-state index in [9.17, 15) is 9.59 Å². The van der Waals surface area contributed by atoms with Gasteiger partial charge in [0.2, 0.25) is 11.8 Å². The Kier molecular flexibility index (Phi) is 7.46. The van der Waals surface area contributed by atoms with Gasteiger partial charge >= 0.3 is 0 Å². The number of amides is 2. The van der Waals surface area contributed by atoms with Crippen LogP contribution in [0.2, 0.25) is 5.02 Å². The minimum Gasteiger partial charge on any atom is -0.457 e. The van der Waals surface area contributed by atoms with Gasteiger partial charge in [0.15, 0.2) is 0 Å². The van der Waals surface area contributed by atoms with Gasteiger partial charge in [-0.1, -0.05) is 41.9 Å². The van der Waals surface area contributed by atoms with E-state index in [1.807, 2.05) is 18.2 Å². The molecule has 1 saturated heterocycles. The summed E-state index contributed by atoms with van der Waals surface area (Å²) in [4.78, 5) is 32.1. The molecule has 0 aliphatic carbocycles. The number of carbonyl (C=O) groups excluding carboxylic acids is 2. The topological polar surface area (TPSA) is 89.4 Å². The normalized spacial score (nSPS) is 16.9. The highest BCUT2D eigenvalue weighted by molar-refractivity contribution is 6.30. The van der Waals surface area contributed by atoms with E-state index in [0.717, 1.165) is 6.42 Å². The van der Waals surface area contributed by atoms with Crippen LogP contribution in [0, 0.1) is 5.92 Å². The first-order valence-electron chi connectivity index (χ1n) is 12.0. The number of halogens is 1. The number of hydrogen-bond acceptors (Lipinski definition) is 5. The van der Waals surface area contributed by atoms with Crippen LogP contribution in [0.1, 0.15) is 12.0 Å². The highest BCUT2D eigenvalue weighted by Gasteiger charge is 2.39. The van der Waals surface area contributed by atoms with Crippen molar-refractivity contribution in [1.82, 2.24) is 19.7 Å². The second kappa shape index (κ2) is 11.3. The van der Waals surface area contributed by atoms with E-state index in [0.29, 0.717) is 35.2 Å². The maximum absolute atomic E-state index is 13.4. The van der Waals surface area contributed by atoms with Gasteiger partial charge in [0, 0.05) is 17.3 Å². The lowest BCUT2D eigenvalue weighted by Crippen LogP contribution is -2.44. The maximum atomic E-state index is 13.4. The molecule has 0 spiro atoms. The van der Waals surface area contributed by atoms with E-state index >= 15 is 0 Å². The SMILES string of the molecule is O=C(Nc1ccc(Oc2ccc(Cl)cc2)cc1)C1CC(Cc2ccccc2)CN1C(=O)Cn1cncn1. The average molecular weight is 516 g/mol. The molecule has 2 amide bonds. The first-order valence-corrected chi connectivity index (χ1v) is 12.4. The van der Waals surface area contributed by atoms with Gasteiger partial charge in [-0.05, 0) is 72.9 Å². The van der Waals surface area contributed by atoms with Gasteiger partial charge in [-0.3, -0.25) is 9.59 Å². The zero-order valence-electron chi connectivity index (χ0n) is 20.0. The molecule has 2 heterocycles. The largest absolute Gasteiger partial charge is 0.457 e. The minimum absolute atomic E-state index is 0.0402. The summed E-state index contributed by atoms with van der Waals surface area (Å²) in [5.41, 5.74) is 1.82. The van der Waals surface area contributed by atoms with Crippen LogP contribution in [0.25, 0.3) is 0 Å². The number of nitrogens with one attached hydrogen (secondary N) is 1. The van der Waals surface area contributed by atoms with Crippen molar-refractivity contribution in [3.05, 3.63) is 102 Å². The van der Waals surface area contributed by atoms with Crippen molar-refractivity contribution in [3.63, 3.8) is 0 Å². The number of nitrogens with zero attached hydrogens (tertiary/aromatic N) is 4. The number of benzene rings is 3. The van der Waals surface area contributed by atoms with Gasteiger partial charge in [-0.2, -0.15) is 5.10 Å². The molecular formula is C28H26ClN5O3. The fourth-order valence-corrected chi connectivity index (χ4v) is 4.68. The number of likely N-dealkylation sites (tertiary alicyclic amines) is 1. The molecule has 5 rings (SSSR count). The van der Waals surface area contributed by atoms with Gasteiger partial charge in [-0.25, -0.2) is 9.67 Å². The Balaban J connectivity index is 1.26. The second-order valence-electron chi connectivity index (χ2n) is 9.02. The van der Waals surface area contributed by atoms with E-state index in [-0.39, 0.29) is 24.3 Å². The molecule has 8 nitrogen and oxygen atoms in total. The van der Waals surface area contributed by atoms with Crippen molar-refractivity contribution >= 4 is 29.1 Å². The smallest absolute Gasteiger partial charge is 0.247 e. The fourth-order valence-electron chi connectivity index (χ4n) is 4.56. The highest BCUT2D eigenvalue weighted by atomic mass is 35.5. The molecule has 2 atom stereocenters. The Morgan fingerprint density at radius 1 is 0.973 bits per heavy atom. The molecule has 1 aliphatic rings. The maximum Gasteiger partial charge on any atom is 0.247 e. The number of ether oxygens (including phenoxy) is 1. The zero-order valence-corrected chi connectivity index (χ0v) is 20.8. The van der Waals surface area contributed by atoms with Crippen LogP contribution >= 0.6 is 11.6 Å². The van der Waals surface area contributed by atoms with Gasteiger partial charge in [-0.15, -0.1) is 0 Å². The lowest BCUT2D eigenvalue weighted by molar-refractivity contribution is -0.137. The number of aromatic nitrogens is 3. The Morgan fingerprint density at radius 2 is 1.68 bits per heavy atom. The van der Waals surface area contributed by atoms with Crippen molar-refractivity contribution in [2.75, 3.05) is 11.9 Å². The van der Waals surface area contributed by atoms with Crippen molar-refractivity contribution < 1.29 is 14.3 Å². The number of rotatable bonds is 8. The van der Waals surface area contributed by atoms with E-state index in [4.69, 9.17) is 16.3 Å². The monoisotopic (exact) mass is 515 g/mol. The van der Waals surface area contributed by atoms with Crippen LogP contribution < -0.4 is 10.1 Å². The third-order valence-electron chi connectivity index (χ3n) is 6.31. The molecule has 0 bridgehead atoms. The molecule has 4 aromatic rings. The van der Waals surface area contributed by atoms with Gasteiger partial charge < -0.3 is 15.0 Å². The van der Waals surface area contributed by atoms with Crippen molar-refractivity contribution in [2.24, 2.45) is 5.92 Å². The molecule has 0 saturated carbocycles. The number of anilines is 1. The molecule has 1 fully saturated rings. The van der Waals surface area contributed by atoms with Crippen LogP contribution in [0.15, 0.2) is 91.5 Å². The molecule has 1 aliphatic heterocycles. The number of carbonyl (C=O) groups is 2. The van der Waals surface area contributed by atoms with Crippen LogP contribution in [0.3, 0.4) is 0 Å². The predicted octanol–water partition coefficient (Wildman–Crippen LogP) is 4.82. The van der Waals surface area contributed by atoms with Crippen molar-refractivity contribution in [3.8, 4) is 11.5 Å². The molecule has 37 heavy (non-hydrogen) atoms. The molecule has 1 N–H and O–H groups in total. The van der Waals surface area contributed by atoms with Crippen molar-refractivity contribution in [1.29, 1.82) is 0 Å². The summed E-state index contributed by atoms with van der Waals surface area (Å²) in [6, 6.07) is 23.8. The average Bonchev–Trinajstić information content (AvgIpc) is 3.57. The van der Waals surface area contributed by atoms with E-state index < -0.39 is 6.04 Å². The van der Waals surface area contributed by atoms with E-state index in [1.165, 1.54) is 22.9 Å². The van der Waals surface area contributed by atoms with Gasteiger partial charge in [0.25, 0.3) is 0 Å². The van der Waals surface area contributed by atoms with Crippen LogP contribution in [0.5, 0.6) is 11.5 Å². The molecule has 1 aromatic heterocycles. The summed E-state index contributed by atoms with van der Waals surface area (Å²) in [7, 11) is 0. The molecule has 2 unspecified atom stereocenters. The lowest BCUT2D eigenvalue weighted by Gasteiger charge is -2.24. The predicted molar refractivity (Wildman–Crippen MR) is 140 cm³/mol. The Hall–Kier alpha value is -4.17. The first-order chi connectivity index (χ1) is 18.0. The summed E-state index contributed by atoms with van der Waals surface area (Å²) in [6.45, 7) is 0.549. The molecular weight excluding hydrogens is 490 g/mol. The highest BCUT2D eigenvalue weighted by Crippen LogP contribution is 2.29. The summed E-state index contributed by atoms with van der Waals surface area (Å²) >= 11 is 5.92. The standard InChI is InChI=1S/C28H26ClN5O3/c29-22-6-10-24(11-7-22)37-25-12-8-23(9-13-25)32-28(36)26-15-21(14-20-4-2-1-3-5-20)16-34(26)27(35)17-33-19-30-18-31-33/h1-13,18-19,21,26H,14-17H2,(H,32,36). The summed E-state index contributed by atoms with van der Waals surface area (Å²) < 4.78 is 7.30. The Bertz CT molecular complexity index is 1330. The van der Waals surface area contributed by atoms with Crippen LogP contribution in [-0.2, 0) is 22.6 Å². The minimum atomic E-state index is -0.574. The van der Waals surface area contributed by atoms with Crippen molar-refractivity contribution in [2.45, 2.75) is 25.4 Å². The van der Waals surface area contributed by atoms with Gasteiger partial charge in [0.05, 0.1) is 0 Å². The summed E-state index contributed by atoms with van der Waals surface area (Å²) in [5, 5.41) is 7.64. The van der Waals surface area contributed by atoms with Crippen LogP contribution in [-0.4, -0.2) is 44.1 Å². The number of hydrogen-bond donors (Lipinski definition) is 1. The second-order valence-corrected chi connectivity index (χ2v) is 9.45. The quantitative estimate of drug-likeness (QED) is 0.363.